The molecule has 0 saturated heterocycles. The average Bonchev–Trinajstić information content (AvgIpc) is 3.36. The first-order valence-electron chi connectivity index (χ1n) is 8.77. The topological polar surface area (TPSA) is 67.5 Å². The summed E-state index contributed by atoms with van der Waals surface area (Å²) in [7, 11) is 3.20. The number of aryl methyl sites for hydroxylation is 1. The lowest BCUT2D eigenvalue weighted by molar-refractivity contribution is 0.0639. The van der Waals surface area contributed by atoms with Crippen LogP contribution in [0.5, 0.6) is 11.5 Å². The highest BCUT2D eigenvalue weighted by Gasteiger charge is 2.40. The molecule has 1 saturated carbocycles. The van der Waals surface area contributed by atoms with Crippen molar-refractivity contribution in [3.05, 3.63) is 41.2 Å². The third kappa shape index (κ3) is 2.97. The molecule has 1 fully saturated rings. The number of carbonyl (C=O) groups is 1. The summed E-state index contributed by atoms with van der Waals surface area (Å²) in [6, 6.07) is 5.96. The van der Waals surface area contributed by atoms with Crippen LogP contribution in [0.25, 0.3) is 0 Å². The second kappa shape index (κ2) is 6.43. The number of carbonyl (C=O) groups excluding carboxylic acids is 1. The Kier molecular flexibility index (Phi) is 4.11. The fraction of sp³-hybridized carbons (Fsp3) is 0.474. The molecule has 1 heterocycles. The van der Waals surface area contributed by atoms with Gasteiger partial charge < -0.3 is 14.4 Å². The Morgan fingerprint density at radius 1 is 1.20 bits per heavy atom. The maximum atomic E-state index is 13.3. The number of nitrogens with one attached hydrogen (secondary N) is 1. The Labute approximate surface area is 147 Å². The normalized spacial score (nSPS) is 19.2. The lowest BCUT2D eigenvalue weighted by atomic mass is 9.91. The van der Waals surface area contributed by atoms with E-state index in [1.54, 1.807) is 20.3 Å². The number of aromatic amines is 1. The van der Waals surface area contributed by atoms with Crippen molar-refractivity contribution in [1.82, 2.24) is 15.1 Å². The lowest BCUT2D eigenvalue weighted by Crippen LogP contribution is -2.45. The van der Waals surface area contributed by atoms with Crippen LogP contribution in [0.1, 0.15) is 40.9 Å². The Bertz CT molecular complexity index is 782. The van der Waals surface area contributed by atoms with Gasteiger partial charge in [0.15, 0.2) is 0 Å². The molecule has 0 aliphatic heterocycles. The van der Waals surface area contributed by atoms with Crippen LogP contribution in [0.15, 0.2) is 24.4 Å². The second-order valence-corrected chi connectivity index (χ2v) is 6.78. The molecule has 1 aromatic heterocycles. The molecule has 0 bridgehead atoms. The van der Waals surface area contributed by atoms with Crippen LogP contribution in [0.4, 0.5) is 0 Å². The van der Waals surface area contributed by atoms with Gasteiger partial charge in [0.1, 0.15) is 11.5 Å². The summed E-state index contributed by atoms with van der Waals surface area (Å²) in [4.78, 5) is 15.4. The number of hydrogen-bond donors (Lipinski definition) is 1. The van der Waals surface area contributed by atoms with E-state index in [0.29, 0.717) is 23.1 Å². The Morgan fingerprint density at radius 3 is 2.76 bits per heavy atom. The van der Waals surface area contributed by atoms with Crippen molar-refractivity contribution >= 4 is 5.91 Å². The largest absolute Gasteiger partial charge is 0.497 e. The van der Waals surface area contributed by atoms with Crippen LogP contribution in [0.3, 0.4) is 0 Å². The molecule has 4 rings (SSSR count). The lowest BCUT2D eigenvalue weighted by Gasteiger charge is -2.34. The van der Waals surface area contributed by atoms with E-state index in [-0.39, 0.29) is 11.9 Å². The smallest absolute Gasteiger partial charge is 0.258 e. The maximum absolute atomic E-state index is 13.3. The molecule has 1 aromatic carbocycles. The van der Waals surface area contributed by atoms with Crippen molar-refractivity contribution in [3.63, 3.8) is 0 Å². The van der Waals surface area contributed by atoms with Crippen molar-refractivity contribution in [3.8, 4) is 11.5 Å². The zero-order chi connectivity index (χ0) is 17.4. The summed E-state index contributed by atoms with van der Waals surface area (Å²) in [6.07, 6.45) is 6.83. The van der Waals surface area contributed by atoms with Crippen LogP contribution in [-0.4, -0.2) is 47.3 Å². The number of aromatic nitrogens is 2. The van der Waals surface area contributed by atoms with E-state index in [2.05, 4.69) is 15.1 Å². The van der Waals surface area contributed by atoms with Crippen molar-refractivity contribution in [2.75, 3.05) is 14.2 Å². The molecule has 25 heavy (non-hydrogen) atoms. The minimum Gasteiger partial charge on any atom is -0.497 e. The number of fused-ring (bicyclic) bond motifs is 1. The Morgan fingerprint density at radius 2 is 2.04 bits per heavy atom. The number of nitrogens with zero attached hydrogens (tertiary/aromatic N) is 2. The third-order valence-corrected chi connectivity index (χ3v) is 5.20. The molecule has 2 aliphatic carbocycles. The molecule has 1 atom stereocenters. The van der Waals surface area contributed by atoms with E-state index in [0.717, 1.165) is 32.1 Å². The van der Waals surface area contributed by atoms with Gasteiger partial charge in [-0.2, -0.15) is 5.10 Å². The van der Waals surface area contributed by atoms with Crippen molar-refractivity contribution in [2.24, 2.45) is 0 Å². The summed E-state index contributed by atoms with van der Waals surface area (Å²) in [5, 5.41) is 7.21. The average molecular weight is 341 g/mol. The number of benzene rings is 1. The van der Waals surface area contributed by atoms with Crippen LogP contribution >= 0.6 is 0 Å². The Balaban J connectivity index is 1.62. The number of methoxy groups -OCH3 is 2. The predicted octanol–water partition coefficient (Wildman–Crippen LogP) is 2.59. The predicted molar refractivity (Wildman–Crippen MR) is 93.1 cm³/mol. The van der Waals surface area contributed by atoms with Crippen LogP contribution in [0.2, 0.25) is 0 Å². The van der Waals surface area contributed by atoms with E-state index in [1.165, 1.54) is 11.3 Å². The van der Waals surface area contributed by atoms with Gasteiger partial charge in [-0.3, -0.25) is 9.89 Å². The molecule has 2 aromatic rings. The van der Waals surface area contributed by atoms with Gasteiger partial charge in [0.05, 0.1) is 26.0 Å². The fourth-order valence-electron chi connectivity index (χ4n) is 3.73. The highest BCUT2D eigenvalue weighted by Crippen LogP contribution is 2.36. The van der Waals surface area contributed by atoms with Gasteiger partial charge in [-0.05, 0) is 49.8 Å². The van der Waals surface area contributed by atoms with E-state index >= 15 is 0 Å². The number of ether oxygens (including phenoxy) is 2. The van der Waals surface area contributed by atoms with E-state index in [4.69, 9.17) is 9.47 Å². The number of rotatable bonds is 5. The van der Waals surface area contributed by atoms with Crippen molar-refractivity contribution in [2.45, 2.75) is 44.2 Å². The van der Waals surface area contributed by atoms with Crippen molar-refractivity contribution in [1.29, 1.82) is 0 Å². The van der Waals surface area contributed by atoms with Gasteiger partial charge in [0.2, 0.25) is 0 Å². The summed E-state index contributed by atoms with van der Waals surface area (Å²) < 4.78 is 10.7. The first-order valence-corrected chi connectivity index (χ1v) is 8.77. The monoisotopic (exact) mass is 341 g/mol. The standard InChI is InChI=1S/C19H23N3O3/c1-24-15-6-7-16(18(10-15)25-2)19(23)22(13-3-4-13)14-5-8-17-12(9-14)11-20-21-17/h6-7,10-11,13-14H,3-5,8-9H2,1-2H3,(H,20,21). The summed E-state index contributed by atoms with van der Waals surface area (Å²) in [5.74, 6) is 1.31. The van der Waals surface area contributed by atoms with Gasteiger partial charge >= 0.3 is 0 Å². The molecule has 1 N–H and O–H groups in total. The highest BCUT2D eigenvalue weighted by atomic mass is 16.5. The molecular formula is C19H23N3O3. The van der Waals surface area contributed by atoms with Gasteiger partial charge in [-0.25, -0.2) is 0 Å². The molecule has 1 amide bonds. The SMILES string of the molecule is COc1ccc(C(=O)N(C2CC2)C2CCc3[nH]ncc3C2)c(OC)c1. The van der Waals surface area contributed by atoms with Crippen molar-refractivity contribution < 1.29 is 14.3 Å². The summed E-state index contributed by atoms with van der Waals surface area (Å²) >= 11 is 0. The summed E-state index contributed by atoms with van der Waals surface area (Å²) in [6.45, 7) is 0. The highest BCUT2D eigenvalue weighted by molar-refractivity contribution is 5.97. The number of H-pyrrole nitrogens is 1. The van der Waals surface area contributed by atoms with Crippen LogP contribution in [-0.2, 0) is 12.8 Å². The number of hydrogen-bond acceptors (Lipinski definition) is 4. The van der Waals surface area contributed by atoms with E-state index < -0.39 is 0 Å². The zero-order valence-corrected chi connectivity index (χ0v) is 14.6. The molecule has 0 spiro atoms. The van der Waals surface area contributed by atoms with Crippen LogP contribution in [0, 0.1) is 0 Å². The minimum absolute atomic E-state index is 0.0546. The first kappa shape index (κ1) is 16.0. The molecular weight excluding hydrogens is 318 g/mol. The van der Waals surface area contributed by atoms with Gasteiger partial charge in [0, 0.05) is 23.8 Å². The van der Waals surface area contributed by atoms with Crippen LogP contribution < -0.4 is 9.47 Å². The fourth-order valence-corrected chi connectivity index (χ4v) is 3.73. The quantitative estimate of drug-likeness (QED) is 0.908. The molecule has 0 radical (unpaired) electrons. The molecule has 2 aliphatic rings. The molecule has 132 valence electrons. The molecule has 6 nitrogen and oxygen atoms in total. The van der Waals surface area contributed by atoms with Gasteiger partial charge in [0.25, 0.3) is 5.91 Å². The number of amides is 1. The molecule has 6 heteroatoms. The van der Waals surface area contributed by atoms with Gasteiger partial charge in [-0.15, -0.1) is 0 Å². The third-order valence-electron chi connectivity index (χ3n) is 5.20. The van der Waals surface area contributed by atoms with E-state index in [9.17, 15) is 4.79 Å². The molecule has 1 unspecified atom stereocenters. The maximum Gasteiger partial charge on any atom is 0.258 e. The Hall–Kier alpha value is -2.50. The zero-order valence-electron chi connectivity index (χ0n) is 14.6. The summed E-state index contributed by atoms with van der Waals surface area (Å²) in [5.41, 5.74) is 3.05. The second-order valence-electron chi connectivity index (χ2n) is 6.78. The minimum atomic E-state index is 0.0546. The van der Waals surface area contributed by atoms with E-state index in [1.807, 2.05) is 18.3 Å². The van der Waals surface area contributed by atoms with Gasteiger partial charge in [-0.1, -0.05) is 0 Å². The first-order chi connectivity index (χ1) is 12.2.